The van der Waals surface area contributed by atoms with Crippen LogP contribution in [-0.4, -0.2) is 26.6 Å². The molecule has 1 aromatic carbocycles. The molecule has 3 heterocycles. The lowest BCUT2D eigenvalue weighted by molar-refractivity contribution is 0.626. The van der Waals surface area contributed by atoms with Gasteiger partial charge < -0.3 is 20.6 Å². The molecule has 4 N–H and O–H groups in total. The first-order chi connectivity index (χ1) is 11.6. The molecule has 0 fully saturated rings. The minimum Gasteiger partial charge on any atom is -0.371 e. The zero-order valence-corrected chi connectivity index (χ0v) is 13.4. The fourth-order valence-corrected chi connectivity index (χ4v) is 3.05. The van der Waals surface area contributed by atoms with Gasteiger partial charge in [0.05, 0.1) is 11.8 Å². The maximum absolute atomic E-state index is 13.8. The number of hydrogen-bond acceptors (Lipinski definition) is 4. The topological polar surface area (TPSA) is 84.6 Å². The van der Waals surface area contributed by atoms with Gasteiger partial charge in [0.2, 0.25) is 0 Å². The number of H-pyrrole nitrogens is 1. The van der Waals surface area contributed by atoms with Gasteiger partial charge in [-0.25, -0.2) is 14.4 Å². The van der Waals surface area contributed by atoms with Crippen molar-refractivity contribution in [1.82, 2.24) is 19.5 Å². The van der Waals surface area contributed by atoms with Crippen molar-refractivity contribution < 1.29 is 4.39 Å². The summed E-state index contributed by atoms with van der Waals surface area (Å²) in [5.74, 6) is 0.398. The predicted octanol–water partition coefficient (Wildman–Crippen LogP) is 2.76. The molecule has 0 aliphatic heterocycles. The van der Waals surface area contributed by atoms with Crippen LogP contribution in [0.25, 0.3) is 33.3 Å². The number of imidazole rings is 1. The molecule has 0 aliphatic carbocycles. The number of nitrogens with zero attached hydrogens (tertiary/aromatic N) is 3. The molecule has 7 heteroatoms. The fraction of sp³-hybridized carbons (Fsp3) is 0.176. The summed E-state index contributed by atoms with van der Waals surface area (Å²) in [6.07, 6.45) is 1.76. The summed E-state index contributed by atoms with van der Waals surface area (Å²) in [7, 11) is 3.75. The SMILES string of the molecule is CNc1nc2[nH]c(-c3cc(F)cc(CN)c3)cc2c2c1ncn2C. The first kappa shape index (κ1) is 14.6. The minimum atomic E-state index is -0.304. The second-order valence-corrected chi connectivity index (χ2v) is 5.76. The molecule has 6 nitrogen and oxygen atoms in total. The Bertz CT molecular complexity index is 1060. The van der Waals surface area contributed by atoms with E-state index in [1.807, 2.05) is 30.8 Å². The summed E-state index contributed by atoms with van der Waals surface area (Å²) >= 11 is 0. The lowest BCUT2D eigenvalue weighted by Crippen LogP contribution is -1.97. The summed E-state index contributed by atoms with van der Waals surface area (Å²) in [6, 6.07) is 6.79. The highest BCUT2D eigenvalue weighted by Gasteiger charge is 2.15. The van der Waals surface area contributed by atoms with Crippen molar-refractivity contribution in [3.63, 3.8) is 0 Å². The van der Waals surface area contributed by atoms with Crippen molar-refractivity contribution in [3.05, 3.63) is 42.0 Å². The lowest BCUT2D eigenvalue weighted by Gasteiger charge is -2.02. The number of aromatic nitrogens is 4. The zero-order valence-electron chi connectivity index (χ0n) is 13.4. The number of benzene rings is 1. The third kappa shape index (κ3) is 2.13. The van der Waals surface area contributed by atoms with E-state index >= 15 is 0 Å². The number of nitrogens with two attached hydrogens (primary N) is 1. The summed E-state index contributed by atoms with van der Waals surface area (Å²) in [4.78, 5) is 12.3. The number of aryl methyl sites for hydroxylation is 1. The van der Waals surface area contributed by atoms with Gasteiger partial charge in [-0.05, 0) is 29.8 Å². The molecule has 24 heavy (non-hydrogen) atoms. The average Bonchev–Trinajstić information content (AvgIpc) is 3.17. The van der Waals surface area contributed by atoms with Crippen LogP contribution in [0.4, 0.5) is 10.2 Å². The highest BCUT2D eigenvalue weighted by atomic mass is 19.1. The second-order valence-electron chi connectivity index (χ2n) is 5.76. The van der Waals surface area contributed by atoms with Crippen LogP contribution in [0.3, 0.4) is 0 Å². The van der Waals surface area contributed by atoms with Crippen LogP contribution >= 0.6 is 0 Å². The third-order valence-electron chi connectivity index (χ3n) is 4.18. The van der Waals surface area contributed by atoms with E-state index in [0.29, 0.717) is 12.4 Å². The molecule has 0 saturated heterocycles. The first-order valence-corrected chi connectivity index (χ1v) is 7.62. The smallest absolute Gasteiger partial charge is 0.156 e. The van der Waals surface area contributed by atoms with E-state index in [1.165, 1.54) is 12.1 Å². The van der Waals surface area contributed by atoms with Crippen LogP contribution in [0.1, 0.15) is 5.56 Å². The Balaban J connectivity index is 2.00. The quantitative estimate of drug-likeness (QED) is 0.541. The van der Waals surface area contributed by atoms with Gasteiger partial charge in [-0.3, -0.25) is 0 Å². The maximum atomic E-state index is 13.8. The molecule has 4 rings (SSSR count). The van der Waals surface area contributed by atoms with Gasteiger partial charge in [0.15, 0.2) is 5.82 Å². The molecule has 0 bridgehead atoms. The van der Waals surface area contributed by atoms with Crippen LogP contribution in [0.2, 0.25) is 0 Å². The fourth-order valence-electron chi connectivity index (χ4n) is 3.05. The Morgan fingerprint density at radius 1 is 1.29 bits per heavy atom. The van der Waals surface area contributed by atoms with E-state index in [2.05, 4.69) is 20.3 Å². The van der Waals surface area contributed by atoms with Crippen molar-refractivity contribution >= 4 is 27.9 Å². The maximum Gasteiger partial charge on any atom is 0.156 e. The van der Waals surface area contributed by atoms with Crippen molar-refractivity contribution in [2.45, 2.75) is 6.54 Å². The molecule has 122 valence electrons. The summed E-state index contributed by atoms with van der Waals surface area (Å²) in [6.45, 7) is 0.291. The number of hydrogen-bond donors (Lipinski definition) is 3. The molecule has 0 aliphatic rings. The van der Waals surface area contributed by atoms with Gasteiger partial charge in [-0.2, -0.15) is 0 Å². The summed E-state index contributed by atoms with van der Waals surface area (Å²) < 4.78 is 15.8. The number of aromatic amines is 1. The normalized spacial score (nSPS) is 11.5. The Labute approximate surface area is 137 Å². The number of rotatable bonds is 3. The summed E-state index contributed by atoms with van der Waals surface area (Å²) in [5.41, 5.74) is 10.4. The number of halogens is 1. The van der Waals surface area contributed by atoms with Crippen molar-refractivity contribution in [1.29, 1.82) is 0 Å². The molecule has 0 saturated carbocycles. The standard InChI is InChI=1S/C17H17FN6/c1-20-17-14-15(24(2)8-21-14)12-6-13(22-16(12)23-17)10-3-9(7-19)4-11(18)5-10/h3-6,8H,7,19H2,1-2H3,(H2,20,22,23). The molecule has 0 amide bonds. The van der Waals surface area contributed by atoms with E-state index in [9.17, 15) is 4.39 Å². The van der Waals surface area contributed by atoms with Gasteiger partial charge in [0.1, 0.15) is 17.0 Å². The molecule has 3 aromatic heterocycles. The van der Waals surface area contributed by atoms with E-state index < -0.39 is 0 Å². The Morgan fingerprint density at radius 2 is 2.12 bits per heavy atom. The van der Waals surface area contributed by atoms with E-state index in [4.69, 9.17) is 5.73 Å². The van der Waals surface area contributed by atoms with Gasteiger partial charge in [-0.1, -0.05) is 0 Å². The summed E-state index contributed by atoms with van der Waals surface area (Å²) in [5, 5.41) is 4.01. The van der Waals surface area contributed by atoms with E-state index in [0.717, 1.165) is 38.9 Å². The van der Waals surface area contributed by atoms with Crippen LogP contribution in [-0.2, 0) is 13.6 Å². The largest absolute Gasteiger partial charge is 0.371 e. The van der Waals surface area contributed by atoms with Crippen LogP contribution in [0, 0.1) is 5.82 Å². The number of pyridine rings is 1. The Kier molecular flexibility index (Phi) is 3.24. The molecule has 0 unspecified atom stereocenters. The molecular formula is C17H17FN6. The molecule has 0 radical (unpaired) electrons. The zero-order chi connectivity index (χ0) is 16.8. The van der Waals surface area contributed by atoms with Crippen molar-refractivity contribution in [2.75, 3.05) is 12.4 Å². The monoisotopic (exact) mass is 324 g/mol. The predicted molar refractivity (Wildman–Crippen MR) is 93.2 cm³/mol. The van der Waals surface area contributed by atoms with Crippen molar-refractivity contribution in [3.8, 4) is 11.3 Å². The number of anilines is 1. The number of fused-ring (bicyclic) bond motifs is 3. The van der Waals surface area contributed by atoms with Gasteiger partial charge in [-0.15, -0.1) is 0 Å². The lowest BCUT2D eigenvalue weighted by atomic mass is 10.1. The molecule has 0 spiro atoms. The minimum absolute atomic E-state index is 0.291. The Morgan fingerprint density at radius 3 is 2.88 bits per heavy atom. The molecular weight excluding hydrogens is 307 g/mol. The third-order valence-corrected chi connectivity index (χ3v) is 4.18. The van der Waals surface area contributed by atoms with E-state index in [-0.39, 0.29) is 5.82 Å². The van der Waals surface area contributed by atoms with Crippen LogP contribution < -0.4 is 11.1 Å². The number of nitrogens with one attached hydrogen (secondary N) is 2. The molecule has 0 atom stereocenters. The molecule has 4 aromatic rings. The highest BCUT2D eigenvalue weighted by Crippen LogP contribution is 2.32. The Hall–Kier alpha value is -2.93. The van der Waals surface area contributed by atoms with E-state index in [1.54, 1.807) is 6.33 Å². The highest BCUT2D eigenvalue weighted by molar-refractivity contribution is 6.07. The van der Waals surface area contributed by atoms with Gasteiger partial charge in [0.25, 0.3) is 0 Å². The van der Waals surface area contributed by atoms with Crippen LogP contribution in [0.15, 0.2) is 30.6 Å². The van der Waals surface area contributed by atoms with Crippen molar-refractivity contribution in [2.24, 2.45) is 12.8 Å². The average molecular weight is 324 g/mol. The van der Waals surface area contributed by atoms with Gasteiger partial charge in [0, 0.05) is 37.3 Å². The van der Waals surface area contributed by atoms with Crippen LogP contribution in [0.5, 0.6) is 0 Å². The second kappa shape index (κ2) is 5.31. The first-order valence-electron chi connectivity index (χ1n) is 7.62. The van der Waals surface area contributed by atoms with Gasteiger partial charge >= 0.3 is 0 Å².